The van der Waals surface area contributed by atoms with Crippen LogP contribution in [0.25, 0.3) is 0 Å². The molecule has 1 N–H and O–H groups in total. The summed E-state index contributed by atoms with van der Waals surface area (Å²) >= 11 is 6.21. The van der Waals surface area contributed by atoms with Crippen LogP contribution >= 0.6 is 11.6 Å². The maximum atomic E-state index is 6.21. The molecule has 0 unspecified atom stereocenters. The summed E-state index contributed by atoms with van der Waals surface area (Å²) in [5.74, 6) is 0. The van der Waals surface area contributed by atoms with E-state index in [1.165, 1.54) is 5.69 Å². The van der Waals surface area contributed by atoms with Crippen molar-refractivity contribution in [2.45, 2.75) is 39.9 Å². The smallest absolute Gasteiger partial charge is 0.0597 e. The summed E-state index contributed by atoms with van der Waals surface area (Å²) in [6, 6.07) is 10.3. The number of hydrogen-bond donors (Lipinski definition) is 1. The van der Waals surface area contributed by atoms with Gasteiger partial charge in [0.25, 0.3) is 0 Å². The molecule has 0 aliphatic carbocycles. The quantitative estimate of drug-likeness (QED) is 0.903. The molecule has 1 atom stereocenters. The van der Waals surface area contributed by atoms with Crippen molar-refractivity contribution in [3.8, 4) is 0 Å². The topological polar surface area (TPSA) is 29.9 Å². The average molecular weight is 278 g/mol. The summed E-state index contributed by atoms with van der Waals surface area (Å²) in [4.78, 5) is 0. The van der Waals surface area contributed by atoms with Crippen LogP contribution in [-0.2, 0) is 13.1 Å². The van der Waals surface area contributed by atoms with E-state index in [4.69, 9.17) is 11.6 Å². The first-order valence-corrected chi connectivity index (χ1v) is 7.00. The van der Waals surface area contributed by atoms with Crippen LogP contribution in [-0.4, -0.2) is 9.78 Å². The fraction of sp³-hybridized carbons (Fsp3) is 0.400. The number of halogens is 1. The Morgan fingerprint density at radius 2 is 2.11 bits per heavy atom. The van der Waals surface area contributed by atoms with Gasteiger partial charge in [-0.15, -0.1) is 0 Å². The summed E-state index contributed by atoms with van der Waals surface area (Å²) in [5, 5.41) is 8.75. The molecule has 1 aromatic heterocycles. The second-order valence-corrected chi connectivity index (χ2v) is 5.12. The number of aryl methyl sites for hydroxylation is 2. The van der Waals surface area contributed by atoms with Crippen LogP contribution in [0.1, 0.15) is 36.8 Å². The predicted octanol–water partition coefficient (Wildman–Crippen LogP) is 3.72. The molecule has 0 fully saturated rings. The first-order valence-electron chi connectivity index (χ1n) is 6.63. The first-order chi connectivity index (χ1) is 9.11. The van der Waals surface area contributed by atoms with Gasteiger partial charge in [0.05, 0.1) is 11.4 Å². The van der Waals surface area contributed by atoms with Crippen LogP contribution in [0, 0.1) is 6.92 Å². The lowest BCUT2D eigenvalue weighted by atomic mass is 10.1. The van der Waals surface area contributed by atoms with Crippen molar-refractivity contribution >= 4 is 11.6 Å². The van der Waals surface area contributed by atoms with Crippen molar-refractivity contribution in [1.82, 2.24) is 15.1 Å². The van der Waals surface area contributed by atoms with Crippen LogP contribution in [0.15, 0.2) is 30.3 Å². The van der Waals surface area contributed by atoms with Gasteiger partial charge < -0.3 is 5.32 Å². The average Bonchev–Trinajstić information content (AvgIpc) is 2.77. The predicted molar refractivity (Wildman–Crippen MR) is 79.3 cm³/mol. The van der Waals surface area contributed by atoms with Crippen molar-refractivity contribution in [2.24, 2.45) is 0 Å². The number of benzene rings is 1. The van der Waals surface area contributed by atoms with Gasteiger partial charge in [-0.1, -0.05) is 29.8 Å². The summed E-state index contributed by atoms with van der Waals surface area (Å²) in [6.07, 6.45) is 0. The number of hydrogen-bond acceptors (Lipinski definition) is 2. The number of aromatic nitrogens is 2. The summed E-state index contributed by atoms with van der Waals surface area (Å²) < 4.78 is 2.03. The maximum absolute atomic E-state index is 6.21. The Morgan fingerprint density at radius 1 is 1.37 bits per heavy atom. The maximum Gasteiger partial charge on any atom is 0.0597 e. The third-order valence-electron chi connectivity index (χ3n) is 3.25. The van der Waals surface area contributed by atoms with Crippen LogP contribution < -0.4 is 5.32 Å². The molecule has 19 heavy (non-hydrogen) atoms. The van der Waals surface area contributed by atoms with E-state index in [2.05, 4.69) is 36.4 Å². The molecule has 2 aromatic rings. The molecule has 0 aliphatic heterocycles. The molecule has 0 bridgehead atoms. The highest BCUT2D eigenvalue weighted by Gasteiger charge is 2.10. The largest absolute Gasteiger partial charge is 0.305 e. The van der Waals surface area contributed by atoms with Crippen molar-refractivity contribution in [3.63, 3.8) is 0 Å². The number of nitrogens with zero attached hydrogens (tertiary/aromatic N) is 2. The Hall–Kier alpha value is -1.32. The highest BCUT2D eigenvalue weighted by molar-refractivity contribution is 6.31. The van der Waals surface area contributed by atoms with Crippen molar-refractivity contribution in [3.05, 3.63) is 52.3 Å². The Kier molecular flexibility index (Phi) is 4.61. The molecule has 4 heteroatoms. The van der Waals surface area contributed by atoms with Gasteiger partial charge in [-0.05, 0) is 38.5 Å². The number of nitrogens with one attached hydrogen (secondary N) is 1. The zero-order valence-corrected chi connectivity index (χ0v) is 12.4. The Bertz CT molecular complexity index is 548. The fourth-order valence-corrected chi connectivity index (χ4v) is 2.51. The van der Waals surface area contributed by atoms with Gasteiger partial charge in [-0.2, -0.15) is 5.10 Å². The molecular weight excluding hydrogens is 258 g/mol. The lowest BCUT2D eigenvalue weighted by Gasteiger charge is -2.16. The molecular formula is C15H20ClN3. The monoisotopic (exact) mass is 277 g/mol. The van der Waals surface area contributed by atoms with Crippen LogP contribution in [0.3, 0.4) is 0 Å². The molecule has 0 radical (unpaired) electrons. The highest BCUT2D eigenvalue weighted by Crippen LogP contribution is 2.22. The third-order valence-corrected chi connectivity index (χ3v) is 3.59. The van der Waals surface area contributed by atoms with Crippen LogP contribution in [0.2, 0.25) is 5.02 Å². The zero-order chi connectivity index (χ0) is 13.8. The highest BCUT2D eigenvalue weighted by atomic mass is 35.5. The molecule has 0 saturated heterocycles. The number of rotatable bonds is 5. The molecule has 102 valence electrons. The second kappa shape index (κ2) is 6.22. The third kappa shape index (κ3) is 3.37. The second-order valence-electron chi connectivity index (χ2n) is 4.72. The lowest BCUT2D eigenvalue weighted by molar-refractivity contribution is 0.531. The van der Waals surface area contributed by atoms with Gasteiger partial charge in [0.1, 0.15) is 0 Å². The summed E-state index contributed by atoms with van der Waals surface area (Å²) in [7, 11) is 0. The van der Waals surface area contributed by atoms with E-state index < -0.39 is 0 Å². The molecule has 0 spiro atoms. The van der Waals surface area contributed by atoms with E-state index in [-0.39, 0.29) is 6.04 Å². The first kappa shape index (κ1) is 14.1. The zero-order valence-electron chi connectivity index (χ0n) is 11.7. The van der Waals surface area contributed by atoms with Crippen molar-refractivity contribution in [1.29, 1.82) is 0 Å². The molecule has 1 heterocycles. The Morgan fingerprint density at radius 3 is 2.79 bits per heavy atom. The molecule has 0 saturated carbocycles. The SMILES string of the molecule is CCn1nc(C)cc1CN[C@H](C)c1ccccc1Cl. The van der Waals surface area contributed by atoms with Crippen LogP contribution in [0.4, 0.5) is 0 Å². The lowest BCUT2D eigenvalue weighted by Crippen LogP contribution is -2.20. The van der Waals surface area contributed by atoms with Crippen LogP contribution in [0.5, 0.6) is 0 Å². The fourth-order valence-electron chi connectivity index (χ4n) is 2.21. The minimum Gasteiger partial charge on any atom is -0.305 e. The summed E-state index contributed by atoms with van der Waals surface area (Å²) in [5.41, 5.74) is 3.39. The van der Waals surface area contributed by atoms with E-state index in [0.717, 1.165) is 29.4 Å². The van der Waals surface area contributed by atoms with Gasteiger partial charge in [-0.3, -0.25) is 4.68 Å². The molecule has 0 amide bonds. The van der Waals surface area contributed by atoms with Gasteiger partial charge in [0.15, 0.2) is 0 Å². The van der Waals surface area contributed by atoms with Gasteiger partial charge >= 0.3 is 0 Å². The van der Waals surface area contributed by atoms with Gasteiger partial charge in [0, 0.05) is 24.2 Å². The van der Waals surface area contributed by atoms with E-state index in [0.29, 0.717) is 0 Å². The molecule has 3 nitrogen and oxygen atoms in total. The minimum absolute atomic E-state index is 0.217. The standard InChI is InChI=1S/C15H20ClN3/c1-4-19-13(9-11(2)18-19)10-17-12(3)14-7-5-6-8-15(14)16/h5-9,12,17H,4,10H2,1-3H3/t12-/m1/s1. The van der Waals surface area contributed by atoms with E-state index in [9.17, 15) is 0 Å². The Balaban J connectivity index is 2.04. The van der Waals surface area contributed by atoms with Gasteiger partial charge in [0.2, 0.25) is 0 Å². The van der Waals surface area contributed by atoms with Crippen molar-refractivity contribution in [2.75, 3.05) is 0 Å². The normalized spacial score (nSPS) is 12.6. The molecule has 1 aromatic carbocycles. The molecule has 0 aliphatic rings. The molecule has 2 rings (SSSR count). The summed E-state index contributed by atoms with van der Waals surface area (Å²) in [6.45, 7) is 7.94. The minimum atomic E-state index is 0.217. The van der Waals surface area contributed by atoms with E-state index in [1.807, 2.05) is 29.8 Å². The Labute approximate surface area is 119 Å². The van der Waals surface area contributed by atoms with E-state index >= 15 is 0 Å². The van der Waals surface area contributed by atoms with Gasteiger partial charge in [-0.25, -0.2) is 0 Å². The van der Waals surface area contributed by atoms with E-state index in [1.54, 1.807) is 0 Å². The van der Waals surface area contributed by atoms with Crippen molar-refractivity contribution < 1.29 is 0 Å².